The fourth-order valence-corrected chi connectivity index (χ4v) is 1.42. The SMILES string of the molecule is Cc1nc(N)c(C)c(NCc2cccnn2)n1. The minimum atomic E-state index is 0.499. The van der Waals surface area contributed by atoms with Crippen LogP contribution in [-0.4, -0.2) is 20.2 Å². The third kappa shape index (κ3) is 2.66. The molecule has 88 valence electrons. The van der Waals surface area contributed by atoms with Crippen molar-refractivity contribution in [1.82, 2.24) is 20.2 Å². The van der Waals surface area contributed by atoms with Crippen LogP contribution >= 0.6 is 0 Å². The van der Waals surface area contributed by atoms with Gasteiger partial charge in [-0.25, -0.2) is 9.97 Å². The van der Waals surface area contributed by atoms with Crippen molar-refractivity contribution in [3.05, 3.63) is 35.4 Å². The predicted octanol–water partition coefficient (Wildman–Crippen LogP) is 1.08. The Morgan fingerprint density at radius 1 is 1.29 bits per heavy atom. The number of rotatable bonds is 3. The summed E-state index contributed by atoms with van der Waals surface area (Å²) in [7, 11) is 0. The zero-order valence-corrected chi connectivity index (χ0v) is 9.81. The summed E-state index contributed by atoms with van der Waals surface area (Å²) in [5.41, 5.74) is 7.47. The van der Waals surface area contributed by atoms with Gasteiger partial charge in [-0.05, 0) is 26.0 Å². The summed E-state index contributed by atoms with van der Waals surface area (Å²) in [5, 5.41) is 11.0. The zero-order chi connectivity index (χ0) is 12.3. The van der Waals surface area contributed by atoms with Gasteiger partial charge >= 0.3 is 0 Å². The van der Waals surface area contributed by atoms with Crippen molar-refractivity contribution >= 4 is 11.6 Å². The standard InChI is InChI=1S/C11H14N6/c1-7-10(12)15-8(2)16-11(7)13-6-9-4-3-5-14-17-9/h3-5H,6H2,1-2H3,(H3,12,13,15,16). The lowest BCUT2D eigenvalue weighted by atomic mass is 10.3. The van der Waals surface area contributed by atoms with Crippen LogP contribution in [0.15, 0.2) is 18.3 Å². The summed E-state index contributed by atoms with van der Waals surface area (Å²) in [6, 6.07) is 3.74. The first-order valence-electron chi connectivity index (χ1n) is 5.28. The lowest BCUT2D eigenvalue weighted by Gasteiger charge is -2.10. The molecule has 0 saturated heterocycles. The Morgan fingerprint density at radius 2 is 2.12 bits per heavy atom. The molecule has 0 aromatic carbocycles. The van der Waals surface area contributed by atoms with Crippen molar-refractivity contribution in [2.75, 3.05) is 11.1 Å². The van der Waals surface area contributed by atoms with E-state index in [2.05, 4.69) is 25.5 Å². The molecule has 0 aliphatic rings. The summed E-state index contributed by atoms with van der Waals surface area (Å²) in [5.74, 6) is 1.88. The summed E-state index contributed by atoms with van der Waals surface area (Å²) >= 11 is 0. The number of aryl methyl sites for hydroxylation is 1. The van der Waals surface area contributed by atoms with Crippen LogP contribution in [0.4, 0.5) is 11.6 Å². The molecule has 6 nitrogen and oxygen atoms in total. The number of aromatic nitrogens is 4. The quantitative estimate of drug-likeness (QED) is 0.820. The highest BCUT2D eigenvalue weighted by atomic mass is 15.1. The third-order valence-electron chi connectivity index (χ3n) is 2.36. The normalized spacial score (nSPS) is 10.2. The molecule has 0 spiro atoms. The molecule has 3 N–H and O–H groups in total. The molecular weight excluding hydrogens is 216 g/mol. The van der Waals surface area contributed by atoms with E-state index in [9.17, 15) is 0 Å². The van der Waals surface area contributed by atoms with Gasteiger partial charge in [0.1, 0.15) is 17.5 Å². The first-order valence-corrected chi connectivity index (χ1v) is 5.28. The molecule has 2 aromatic rings. The number of nitrogens with one attached hydrogen (secondary N) is 1. The fraction of sp³-hybridized carbons (Fsp3) is 0.273. The van der Waals surface area contributed by atoms with Gasteiger partial charge in [0.15, 0.2) is 0 Å². The maximum absolute atomic E-state index is 5.77. The van der Waals surface area contributed by atoms with Crippen LogP contribution in [-0.2, 0) is 6.54 Å². The molecule has 0 aliphatic heterocycles. The van der Waals surface area contributed by atoms with Crippen LogP contribution in [0.25, 0.3) is 0 Å². The molecule has 0 amide bonds. The highest BCUT2D eigenvalue weighted by Gasteiger charge is 2.06. The zero-order valence-electron chi connectivity index (χ0n) is 9.81. The lowest BCUT2D eigenvalue weighted by molar-refractivity contribution is 0.913. The molecule has 0 unspecified atom stereocenters. The Hall–Kier alpha value is -2.24. The Morgan fingerprint density at radius 3 is 2.82 bits per heavy atom. The third-order valence-corrected chi connectivity index (χ3v) is 2.36. The molecule has 0 bridgehead atoms. The summed E-state index contributed by atoms with van der Waals surface area (Å²) in [6.07, 6.45) is 1.64. The van der Waals surface area contributed by atoms with Crippen molar-refractivity contribution in [1.29, 1.82) is 0 Å². The summed E-state index contributed by atoms with van der Waals surface area (Å²) < 4.78 is 0. The minimum absolute atomic E-state index is 0.499. The topological polar surface area (TPSA) is 89.6 Å². The van der Waals surface area contributed by atoms with Gasteiger partial charge in [-0.3, -0.25) is 0 Å². The number of hydrogen-bond donors (Lipinski definition) is 2. The maximum Gasteiger partial charge on any atom is 0.135 e. The minimum Gasteiger partial charge on any atom is -0.383 e. The van der Waals surface area contributed by atoms with Crippen LogP contribution in [0.3, 0.4) is 0 Å². The molecular formula is C11H14N6. The van der Waals surface area contributed by atoms with E-state index in [0.717, 1.165) is 17.1 Å². The molecule has 6 heteroatoms. The predicted molar refractivity (Wildman–Crippen MR) is 65.3 cm³/mol. The van der Waals surface area contributed by atoms with Gasteiger partial charge in [0.25, 0.3) is 0 Å². The van der Waals surface area contributed by atoms with Crippen molar-refractivity contribution in [2.45, 2.75) is 20.4 Å². The van der Waals surface area contributed by atoms with Crippen LogP contribution in [0.1, 0.15) is 17.1 Å². The summed E-state index contributed by atoms with van der Waals surface area (Å²) in [4.78, 5) is 8.39. The number of nitrogens with two attached hydrogens (primary N) is 1. The van der Waals surface area contributed by atoms with Crippen molar-refractivity contribution in [2.24, 2.45) is 0 Å². The van der Waals surface area contributed by atoms with E-state index in [1.807, 2.05) is 26.0 Å². The van der Waals surface area contributed by atoms with Crippen molar-refractivity contribution in [3.8, 4) is 0 Å². The number of anilines is 2. The van der Waals surface area contributed by atoms with Crippen LogP contribution in [0.2, 0.25) is 0 Å². The maximum atomic E-state index is 5.77. The fourth-order valence-electron chi connectivity index (χ4n) is 1.42. The monoisotopic (exact) mass is 230 g/mol. The molecule has 2 heterocycles. The van der Waals surface area contributed by atoms with Crippen LogP contribution in [0, 0.1) is 13.8 Å². The Balaban J connectivity index is 2.14. The smallest absolute Gasteiger partial charge is 0.135 e. The molecule has 0 fully saturated rings. The molecule has 2 aromatic heterocycles. The summed E-state index contributed by atoms with van der Waals surface area (Å²) in [6.45, 7) is 4.25. The Labute approximate surface area is 99.3 Å². The second kappa shape index (κ2) is 4.73. The molecule has 0 radical (unpaired) electrons. The van der Waals surface area contributed by atoms with Gasteiger partial charge < -0.3 is 11.1 Å². The Bertz CT molecular complexity index is 511. The van der Waals surface area contributed by atoms with E-state index in [4.69, 9.17) is 5.73 Å². The van der Waals surface area contributed by atoms with E-state index in [1.165, 1.54) is 0 Å². The highest BCUT2D eigenvalue weighted by molar-refractivity contribution is 5.54. The van der Waals surface area contributed by atoms with Gasteiger partial charge in [-0.15, -0.1) is 0 Å². The van der Waals surface area contributed by atoms with E-state index in [1.54, 1.807) is 6.20 Å². The lowest BCUT2D eigenvalue weighted by Crippen LogP contribution is -2.09. The van der Waals surface area contributed by atoms with Gasteiger partial charge in [-0.2, -0.15) is 10.2 Å². The molecule has 0 atom stereocenters. The van der Waals surface area contributed by atoms with Gasteiger partial charge in [0, 0.05) is 11.8 Å². The van der Waals surface area contributed by atoms with E-state index >= 15 is 0 Å². The average Bonchev–Trinajstić information content (AvgIpc) is 2.33. The van der Waals surface area contributed by atoms with Gasteiger partial charge in [0.2, 0.25) is 0 Å². The average molecular weight is 230 g/mol. The van der Waals surface area contributed by atoms with Gasteiger partial charge in [0.05, 0.1) is 12.2 Å². The van der Waals surface area contributed by atoms with Crippen LogP contribution in [0.5, 0.6) is 0 Å². The molecule has 2 rings (SSSR count). The Kier molecular flexibility index (Phi) is 3.13. The van der Waals surface area contributed by atoms with Crippen molar-refractivity contribution < 1.29 is 0 Å². The number of hydrogen-bond acceptors (Lipinski definition) is 6. The van der Waals surface area contributed by atoms with E-state index < -0.39 is 0 Å². The molecule has 0 aliphatic carbocycles. The second-order valence-corrected chi connectivity index (χ2v) is 3.70. The van der Waals surface area contributed by atoms with E-state index in [-0.39, 0.29) is 0 Å². The first-order chi connectivity index (χ1) is 8.16. The first kappa shape index (κ1) is 11.3. The van der Waals surface area contributed by atoms with Crippen molar-refractivity contribution in [3.63, 3.8) is 0 Å². The highest BCUT2D eigenvalue weighted by Crippen LogP contribution is 2.17. The van der Waals surface area contributed by atoms with Gasteiger partial charge in [-0.1, -0.05) is 0 Å². The second-order valence-electron chi connectivity index (χ2n) is 3.70. The molecule has 17 heavy (non-hydrogen) atoms. The molecule has 0 saturated carbocycles. The van der Waals surface area contributed by atoms with Crippen LogP contribution < -0.4 is 11.1 Å². The number of nitrogen functional groups attached to an aromatic ring is 1. The largest absolute Gasteiger partial charge is 0.383 e. The van der Waals surface area contributed by atoms with E-state index in [0.29, 0.717) is 18.2 Å². The number of nitrogens with zero attached hydrogens (tertiary/aromatic N) is 4.